The summed E-state index contributed by atoms with van der Waals surface area (Å²) in [6, 6.07) is 7.47. The van der Waals surface area contributed by atoms with Crippen LogP contribution in [0.5, 0.6) is 5.75 Å². The number of carboxylic acids is 1. The first-order chi connectivity index (χ1) is 9.56. The Bertz CT molecular complexity index is 641. The third kappa shape index (κ3) is 3.32. The number of pyridine rings is 1. The quantitative estimate of drug-likeness (QED) is 0.735. The molecule has 0 aliphatic carbocycles. The first-order valence-corrected chi connectivity index (χ1v) is 5.81. The average molecular weight is 272 g/mol. The van der Waals surface area contributed by atoms with Crippen molar-refractivity contribution < 1.29 is 19.8 Å². The summed E-state index contributed by atoms with van der Waals surface area (Å²) >= 11 is 0. The topological polar surface area (TPSA) is 99.5 Å². The number of phenols is 1. The molecule has 2 aromatic rings. The summed E-state index contributed by atoms with van der Waals surface area (Å²) in [6.07, 6.45) is 2.76. The van der Waals surface area contributed by atoms with Gasteiger partial charge in [0.25, 0.3) is 5.91 Å². The molecule has 1 aromatic heterocycles. The number of aromatic hydroxyl groups is 1. The minimum absolute atomic E-state index is 0.128. The number of nitrogens with one attached hydrogen (secondary N) is 1. The predicted molar refractivity (Wildman–Crippen MR) is 71.6 cm³/mol. The van der Waals surface area contributed by atoms with E-state index in [1.54, 1.807) is 18.3 Å². The van der Waals surface area contributed by atoms with Gasteiger partial charge in [-0.3, -0.25) is 14.6 Å². The van der Waals surface area contributed by atoms with Gasteiger partial charge in [0, 0.05) is 12.4 Å². The zero-order chi connectivity index (χ0) is 14.5. The van der Waals surface area contributed by atoms with Crippen molar-refractivity contribution in [3.63, 3.8) is 0 Å². The summed E-state index contributed by atoms with van der Waals surface area (Å²) in [5.74, 6) is -1.54. The molecule has 0 saturated carbocycles. The van der Waals surface area contributed by atoms with E-state index in [9.17, 15) is 14.7 Å². The molecule has 6 heteroatoms. The largest absolute Gasteiger partial charge is 0.506 e. The third-order valence-electron chi connectivity index (χ3n) is 2.59. The lowest BCUT2D eigenvalue weighted by molar-refractivity contribution is -0.136. The number of nitrogens with zero attached hydrogens (tertiary/aromatic N) is 1. The van der Waals surface area contributed by atoms with Crippen LogP contribution < -0.4 is 5.32 Å². The van der Waals surface area contributed by atoms with Crippen LogP contribution in [-0.4, -0.2) is 27.1 Å². The molecule has 1 amide bonds. The van der Waals surface area contributed by atoms with Crippen molar-refractivity contribution in [1.29, 1.82) is 0 Å². The fraction of sp³-hybridized carbons (Fsp3) is 0.0714. The van der Waals surface area contributed by atoms with Crippen molar-refractivity contribution in [2.45, 2.75) is 6.42 Å². The van der Waals surface area contributed by atoms with Gasteiger partial charge in [-0.05, 0) is 29.8 Å². The highest BCUT2D eigenvalue weighted by Crippen LogP contribution is 2.25. The minimum Gasteiger partial charge on any atom is -0.506 e. The van der Waals surface area contributed by atoms with Crippen molar-refractivity contribution in [3.8, 4) is 5.75 Å². The van der Waals surface area contributed by atoms with Crippen molar-refractivity contribution >= 4 is 17.6 Å². The Kier molecular flexibility index (Phi) is 3.95. The molecule has 1 aromatic carbocycles. The Morgan fingerprint density at radius 3 is 2.70 bits per heavy atom. The Morgan fingerprint density at radius 2 is 2.05 bits per heavy atom. The number of anilines is 1. The van der Waals surface area contributed by atoms with E-state index in [0.29, 0.717) is 11.1 Å². The van der Waals surface area contributed by atoms with Crippen molar-refractivity contribution in [2.24, 2.45) is 0 Å². The molecule has 20 heavy (non-hydrogen) atoms. The number of rotatable bonds is 4. The van der Waals surface area contributed by atoms with Gasteiger partial charge in [-0.15, -0.1) is 0 Å². The number of benzene rings is 1. The molecule has 0 radical (unpaired) electrons. The minimum atomic E-state index is -0.986. The summed E-state index contributed by atoms with van der Waals surface area (Å²) in [5.41, 5.74) is 0.991. The van der Waals surface area contributed by atoms with E-state index >= 15 is 0 Å². The Hall–Kier alpha value is -2.89. The summed E-state index contributed by atoms with van der Waals surface area (Å²) in [5, 5.41) is 20.9. The zero-order valence-electron chi connectivity index (χ0n) is 10.4. The van der Waals surface area contributed by atoms with Crippen LogP contribution in [0.1, 0.15) is 15.9 Å². The van der Waals surface area contributed by atoms with Crippen LogP contribution in [0.4, 0.5) is 5.69 Å². The second kappa shape index (κ2) is 5.83. The maximum atomic E-state index is 11.9. The second-order valence-electron chi connectivity index (χ2n) is 4.12. The van der Waals surface area contributed by atoms with Crippen LogP contribution in [0.15, 0.2) is 42.7 Å². The number of amides is 1. The highest BCUT2D eigenvalue weighted by atomic mass is 16.4. The smallest absolute Gasteiger partial charge is 0.307 e. The maximum Gasteiger partial charge on any atom is 0.307 e. The molecule has 0 aliphatic rings. The average Bonchev–Trinajstić information content (AvgIpc) is 2.43. The lowest BCUT2D eigenvalue weighted by Gasteiger charge is -2.08. The number of carbonyl (C=O) groups is 2. The molecule has 2 rings (SSSR count). The molecule has 0 fully saturated rings. The van der Waals surface area contributed by atoms with E-state index < -0.39 is 11.9 Å². The molecule has 3 N–H and O–H groups in total. The standard InChI is InChI=1S/C14H12N2O4/c17-12-4-3-9(7-13(18)19)6-11(12)16-14(20)10-2-1-5-15-8-10/h1-6,8,17H,7H2,(H,16,20)(H,18,19). The van der Waals surface area contributed by atoms with Crippen molar-refractivity contribution in [1.82, 2.24) is 4.98 Å². The third-order valence-corrected chi connectivity index (χ3v) is 2.59. The molecule has 0 saturated heterocycles. The number of carboxylic acid groups (broad SMARTS) is 1. The molecule has 0 unspecified atom stereocenters. The monoisotopic (exact) mass is 272 g/mol. The van der Waals surface area contributed by atoms with Gasteiger partial charge >= 0.3 is 5.97 Å². The Morgan fingerprint density at radius 1 is 1.25 bits per heavy atom. The van der Waals surface area contributed by atoms with E-state index in [1.165, 1.54) is 24.4 Å². The Labute approximate surface area is 114 Å². The van der Waals surface area contributed by atoms with Gasteiger partial charge in [-0.2, -0.15) is 0 Å². The van der Waals surface area contributed by atoms with Crippen LogP contribution in [0.3, 0.4) is 0 Å². The summed E-state index contributed by atoms with van der Waals surface area (Å²) < 4.78 is 0. The summed E-state index contributed by atoms with van der Waals surface area (Å²) in [7, 11) is 0. The number of carbonyl (C=O) groups excluding carboxylic acids is 1. The first kappa shape index (κ1) is 13.5. The highest BCUT2D eigenvalue weighted by Gasteiger charge is 2.10. The van der Waals surface area contributed by atoms with Crippen LogP contribution in [0.2, 0.25) is 0 Å². The van der Waals surface area contributed by atoms with E-state index in [2.05, 4.69) is 10.3 Å². The van der Waals surface area contributed by atoms with Crippen LogP contribution in [0, 0.1) is 0 Å². The van der Waals surface area contributed by atoms with Gasteiger partial charge in [-0.1, -0.05) is 6.07 Å². The fourth-order valence-corrected chi connectivity index (χ4v) is 1.66. The lowest BCUT2D eigenvalue weighted by atomic mass is 10.1. The van der Waals surface area contributed by atoms with E-state index in [-0.39, 0.29) is 17.9 Å². The van der Waals surface area contributed by atoms with Crippen molar-refractivity contribution in [3.05, 3.63) is 53.9 Å². The molecule has 0 aliphatic heterocycles. The van der Waals surface area contributed by atoms with Crippen LogP contribution in [-0.2, 0) is 11.2 Å². The summed E-state index contributed by atoms with van der Waals surface area (Å²) in [4.78, 5) is 26.4. The van der Waals surface area contributed by atoms with Gasteiger partial charge < -0.3 is 15.5 Å². The highest BCUT2D eigenvalue weighted by molar-refractivity contribution is 6.04. The number of hydrogen-bond acceptors (Lipinski definition) is 4. The lowest BCUT2D eigenvalue weighted by Crippen LogP contribution is -2.12. The van der Waals surface area contributed by atoms with E-state index in [4.69, 9.17) is 5.11 Å². The summed E-state index contributed by atoms with van der Waals surface area (Å²) in [6.45, 7) is 0. The number of aromatic nitrogens is 1. The predicted octanol–water partition coefficient (Wildman–Crippen LogP) is 1.67. The van der Waals surface area contributed by atoms with Gasteiger partial charge in [0.1, 0.15) is 5.75 Å². The van der Waals surface area contributed by atoms with E-state index in [1.807, 2.05) is 0 Å². The number of phenolic OH excluding ortho intramolecular Hbond substituents is 1. The van der Waals surface area contributed by atoms with Gasteiger partial charge in [-0.25, -0.2) is 0 Å². The van der Waals surface area contributed by atoms with E-state index in [0.717, 1.165) is 0 Å². The van der Waals surface area contributed by atoms with Crippen LogP contribution in [0.25, 0.3) is 0 Å². The molecular formula is C14H12N2O4. The molecule has 6 nitrogen and oxygen atoms in total. The fourth-order valence-electron chi connectivity index (χ4n) is 1.66. The zero-order valence-corrected chi connectivity index (χ0v) is 10.4. The van der Waals surface area contributed by atoms with Gasteiger partial charge in [0.15, 0.2) is 0 Å². The number of hydrogen-bond donors (Lipinski definition) is 3. The normalized spacial score (nSPS) is 10.0. The van der Waals surface area contributed by atoms with Crippen LogP contribution >= 0.6 is 0 Å². The molecule has 0 spiro atoms. The first-order valence-electron chi connectivity index (χ1n) is 5.81. The maximum absolute atomic E-state index is 11.9. The second-order valence-corrected chi connectivity index (χ2v) is 4.12. The van der Waals surface area contributed by atoms with Gasteiger partial charge in [0.2, 0.25) is 0 Å². The molecule has 1 heterocycles. The molecular weight excluding hydrogens is 260 g/mol. The molecule has 0 bridgehead atoms. The van der Waals surface area contributed by atoms with Gasteiger partial charge in [0.05, 0.1) is 17.7 Å². The van der Waals surface area contributed by atoms with Crippen molar-refractivity contribution in [2.75, 3.05) is 5.32 Å². The Balaban J connectivity index is 2.20. The SMILES string of the molecule is O=C(O)Cc1ccc(O)c(NC(=O)c2cccnc2)c1. The molecule has 0 atom stereocenters. The number of aliphatic carboxylic acids is 1. The molecule has 102 valence electrons.